The fourth-order valence-electron chi connectivity index (χ4n) is 2.00. The number of benzene rings is 2. The Morgan fingerprint density at radius 1 is 1.05 bits per heavy atom. The smallest absolute Gasteiger partial charge is 0.0802 e. The van der Waals surface area contributed by atoms with Crippen LogP contribution in [0, 0.1) is 0 Å². The third-order valence-corrected chi connectivity index (χ3v) is 3.06. The fourth-order valence-corrected chi connectivity index (χ4v) is 2.00. The van der Waals surface area contributed by atoms with Crippen molar-refractivity contribution in [3.05, 3.63) is 65.7 Å². The van der Waals surface area contributed by atoms with Gasteiger partial charge in [-0.25, -0.2) is 0 Å². The third kappa shape index (κ3) is 4.39. The van der Waals surface area contributed by atoms with E-state index in [-0.39, 0.29) is 0 Å². The normalized spacial score (nSPS) is 12.3. The van der Waals surface area contributed by atoms with Crippen LogP contribution < -0.4 is 11.1 Å². The van der Waals surface area contributed by atoms with Gasteiger partial charge in [-0.3, -0.25) is 0 Å². The number of hydrogen-bond acceptors (Lipinski definition) is 3. The molecule has 0 radical (unpaired) electrons. The molecule has 1 atom stereocenters. The maximum atomic E-state index is 10.0. The number of anilines is 1. The maximum absolute atomic E-state index is 10.0. The van der Waals surface area contributed by atoms with E-state index in [0.29, 0.717) is 12.1 Å². The quantitative estimate of drug-likeness (QED) is 0.550. The summed E-state index contributed by atoms with van der Waals surface area (Å²) in [6.45, 7) is 1.59. The summed E-state index contributed by atoms with van der Waals surface area (Å²) in [7, 11) is 0. The van der Waals surface area contributed by atoms with Crippen molar-refractivity contribution in [2.24, 2.45) is 0 Å². The largest absolute Gasteiger partial charge is 0.399 e. The molecule has 0 fully saturated rings. The molecule has 19 heavy (non-hydrogen) atoms. The second kappa shape index (κ2) is 6.92. The molecule has 2 aromatic carbocycles. The lowest BCUT2D eigenvalue weighted by atomic mass is 10.1. The van der Waals surface area contributed by atoms with Crippen LogP contribution >= 0.6 is 0 Å². The number of nitrogens with one attached hydrogen (secondary N) is 1. The van der Waals surface area contributed by atoms with E-state index in [2.05, 4.69) is 17.4 Å². The second-order valence-electron chi connectivity index (χ2n) is 4.64. The Balaban J connectivity index is 1.74. The molecule has 1 unspecified atom stereocenters. The zero-order valence-electron chi connectivity index (χ0n) is 10.9. The third-order valence-electron chi connectivity index (χ3n) is 3.06. The van der Waals surface area contributed by atoms with Gasteiger partial charge >= 0.3 is 0 Å². The van der Waals surface area contributed by atoms with Crippen LogP contribution in [0.15, 0.2) is 54.6 Å². The first-order chi connectivity index (χ1) is 9.25. The minimum atomic E-state index is -0.466. The van der Waals surface area contributed by atoms with E-state index >= 15 is 0 Å². The number of rotatable bonds is 6. The molecule has 0 saturated carbocycles. The van der Waals surface area contributed by atoms with Crippen molar-refractivity contribution >= 4 is 5.69 Å². The average molecular weight is 256 g/mol. The van der Waals surface area contributed by atoms with Gasteiger partial charge in [-0.1, -0.05) is 42.5 Å². The van der Waals surface area contributed by atoms with Gasteiger partial charge in [0.25, 0.3) is 0 Å². The van der Waals surface area contributed by atoms with Crippen molar-refractivity contribution in [1.29, 1.82) is 0 Å². The summed E-state index contributed by atoms with van der Waals surface area (Å²) in [5.41, 5.74) is 8.52. The zero-order chi connectivity index (χ0) is 13.5. The van der Waals surface area contributed by atoms with Crippen molar-refractivity contribution in [1.82, 2.24) is 5.32 Å². The number of aliphatic hydroxyl groups excluding tert-OH is 1. The summed E-state index contributed by atoms with van der Waals surface area (Å²) in [5.74, 6) is 0. The highest BCUT2D eigenvalue weighted by Crippen LogP contribution is 2.18. The highest BCUT2D eigenvalue weighted by molar-refractivity contribution is 5.41. The predicted molar refractivity (Wildman–Crippen MR) is 78.6 cm³/mol. The number of nitrogens with two attached hydrogens (primary N) is 1. The van der Waals surface area contributed by atoms with Crippen molar-refractivity contribution in [3.8, 4) is 0 Å². The molecular weight excluding hydrogens is 236 g/mol. The molecule has 0 bridgehead atoms. The summed E-state index contributed by atoms with van der Waals surface area (Å²) in [6, 6.07) is 17.6. The molecule has 0 heterocycles. The van der Waals surface area contributed by atoms with Gasteiger partial charge in [-0.05, 0) is 36.2 Å². The molecule has 2 aromatic rings. The van der Waals surface area contributed by atoms with Crippen molar-refractivity contribution in [3.63, 3.8) is 0 Å². The van der Waals surface area contributed by atoms with Gasteiger partial charge < -0.3 is 16.2 Å². The van der Waals surface area contributed by atoms with E-state index in [4.69, 9.17) is 5.73 Å². The van der Waals surface area contributed by atoms with Crippen LogP contribution in [0.2, 0.25) is 0 Å². The van der Waals surface area contributed by atoms with Gasteiger partial charge in [0.05, 0.1) is 6.10 Å². The van der Waals surface area contributed by atoms with Crippen molar-refractivity contribution in [2.45, 2.75) is 19.1 Å². The number of aliphatic hydroxyl groups is 1. The van der Waals surface area contributed by atoms with Crippen LogP contribution in [-0.2, 0) is 6.54 Å². The molecule has 0 aliphatic rings. The predicted octanol–water partition coefficient (Wildman–Crippen LogP) is 2.48. The first kappa shape index (κ1) is 13.6. The van der Waals surface area contributed by atoms with Gasteiger partial charge in [-0.2, -0.15) is 0 Å². The van der Waals surface area contributed by atoms with E-state index in [1.807, 2.05) is 42.5 Å². The Hall–Kier alpha value is -1.84. The standard InChI is InChI=1S/C16H20N2O/c17-15-8-4-7-14(11-15)16(19)9-10-18-12-13-5-2-1-3-6-13/h1-8,11,16,18-19H,9-10,12,17H2. The van der Waals surface area contributed by atoms with E-state index in [9.17, 15) is 5.11 Å². The molecule has 2 rings (SSSR count). The minimum Gasteiger partial charge on any atom is -0.399 e. The summed E-state index contributed by atoms with van der Waals surface area (Å²) >= 11 is 0. The molecule has 0 aromatic heterocycles. The van der Waals surface area contributed by atoms with Gasteiger partial charge in [-0.15, -0.1) is 0 Å². The summed E-state index contributed by atoms with van der Waals surface area (Å²) in [4.78, 5) is 0. The monoisotopic (exact) mass is 256 g/mol. The maximum Gasteiger partial charge on any atom is 0.0802 e. The van der Waals surface area contributed by atoms with Crippen LogP contribution in [0.4, 0.5) is 5.69 Å². The van der Waals surface area contributed by atoms with Crippen LogP contribution in [0.25, 0.3) is 0 Å². The highest BCUT2D eigenvalue weighted by atomic mass is 16.3. The van der Waals surface area contributed by atoms with E-state index in [0.717, 1.165) is 18.7 Å². The first-order valence-electron chi connectivity index (χ1n) is 6.54. The van der Waals surface area contributed by atoms with Crippen LogP contribution in [-0.4, -0.2) is 11.7 Å². The van der Waals surface area contributed by atoms with Gasteiger partial charge in [0.2, 0.25) is 0 Å². The van der Waals surface area contributed by atoms with Gasteiger partial charge in [0.15, 0.2) is 0 Å². The Labute approximate surface area is 114 Å². The minimum absolute atomic E-state index is 0.466. The van der Waals surface area contributed by atoms with Crippen molar-refractivity contribution in [2.75, 3.05) is 12.3 Å². The van der Waals surface area contributed by atoms with Crippen molar-refractivity contribution < 1.29 is 5.11 Å². The lowest BCUT2D eigenvalue weighted by Crippen LogP contribution is -2.17. The molecule has 0 aliphatic heterocycles. The van der Waals surface area contributed by atoms with Crippen LogP contribution in [0.3, 0.4) is 0 Å². The van der Waals surface area contributed by atoms with E-state index in [1.165, 1.54) is 5.56 Å². The molecule has 4 N–H and O–H groups in total. The Kier molecular flexibility index (Phi) is 4.95. The topological polar surface area (TPSA) is 58.3 Å². The molecule has 0 amide bonds. The SMILES string of the molecule is Nc1cccc(C(O)CCNCc2ccccc2)c1. The fraction of sp³-hybridized carbons (Fsp3) is 0.250. The molecule has 0 spiro atoms. The lowest BCUT2D eigenvalue weighted by molar-refractivity contribution is 0.167. The Morgan fingerprint density at radius 3 is 2.58 bits per heavy atom. The molecule has 0 aliphatic carbocycles. The first-order valence-corrected chi connectivity index (χ1v) is 6.54. The second-order valence-corrected chi connectivity index (χ2v) is 4.64. The molecule has 100 valence electrons. The summed E-state index contributed by atoms with van der Waals surface area (Å²) < 4.78 is 0. The zero-order valence-corrected chi connectivity index (χ0v) is 10.9. The average Bonchev–Trinajstić information content (AvgIpc) is 2.44. The number of nitrogen functional groups attached to an aromatic ring is 1. The highest BCUT2D eigenvalue weighted by Gasteiger charge is 2.06. The summed E-state index contributed by atoms with van der Waals surface area (Å²) in [5, 5.41) is 13.4. The molecule has 3 heteroatoms. The Bertz CT molecular complexity index is 499. The molecule has 0 saturated heterocycles. The molecule has 3 nitrogen and oxygen atoms in total. The number of hydrogen-bond donors (Lipinski definition) is 3. The lowest BCUT2D eigenvalue weighted by Gasteiger charge is -2.12. The van der Waals surface area contributed by atoms with Crippen LogP contribution in [0.1, 0.15) is 23.7 Å². The van der Waals surface area contributed by atoms with E-state index in [1.54, 1.807) is 0 Å². The molecular formula is C16H20N2O. The van der Waals surface area contributed by atoms with E-state index < -0.39 is 6.10 Å². The summed E-state index contributed by atoms with van der Waals surface area (Å²) in [6.07, 6.45) is 0.211. The van der Waals surface area contributed by atoms with Gasteiger partial charge in [0, 0.05) is 12.2 Å². The van der Waals surface area contributed by atoms with Gasteiger partial charge in [0.1, 0.15) is 0 Å². The Morgan fingerprint density at radius 2 is 1.84 bits per heavy atom. The van der Waals surface area contributed by atoms with Crippen LogP contribution in [0.5, 0.6) is 0 Å².